The van der Waals surface area contributed by atoms with Crippen molar-refractivity contribution in [1.29, 1.82) is 5.26 Å². The van der Waals surface area contributed by atoms with Crippen molar-refractivity contribution < 1.29 is 19.1 Å². The van der Waals surface area contributed by atoms with E-state index in [2.05, 4.69) is 10.6 Å². The number of carbonyl (C=O) groups excluding carboxylic acids is 3. The van der Waals surface area contributed by atoms with Crippen molar-refractivity contribution in [2.24, 2.45) is 5.73 Å². The maximum atomic E-state index is 12.0. The molecule has 1 atom stereocenters. The molecule has 2 aromatic carbocycles. The number of alkyl carbamates (subject to hydrolysis) is 1. The summed E-state index contributed by atoms with van der Waals surface area (Å²) in [6.45, 7) is -0.276. The number of nitrogens with zero attached hydrogens (tertiary/aromatic N) is 1. The van der Waals surface area contributed by atoms with Crippen molar-refractivity contribution in [2.75, 3.05) is 6.54 Å². The lowest BCUT2D eigenvalue weighted by Crippen LogP contribution is -2.49. The van der Waals surface area contributed by atoms with Gasteiger partial charge in [-0.25, -0.2) is 4.79 Å². The van der Waals surface area contributed by atoms with Gasteiger partial charge in [0.1, 0.15) is 19.2 Å². The van der Waals surface area contributed by atoms with Crippen LogP contribution < -0.4 is 16.4 Å². The predicted molar refractivity (Wildman–Crippen MR) is 101 cm³/mol. The largest absolute Gasteiger partial charge is 0.445 e. The second-order valence-corrected chi connectivity index (χ2v) is 5.95. The highest BCUT2D eigenvalue weighted by Gasteiger charge is 2.19. The molecule has 8 nitrogen and oxygen atoms in total. The van der Waals surface area contributed by atoms with Crippen LogP contribution in [0.25, 0.3) is 0 Å². The van der Waals surface area contributed by atoms with Crippen molar-refractivity contribution in [3.63, 3.8) is 0 Å². The summed E-state index contributed by atoms with van der Waals surface area (Å²) in [5.74, 6) is -1.28. The molecule has 8 heteroatoms. The number of hydrogen-bond acceptors (Lipinski definition) is 5. The lowest BCUT2D eigenvalue weighted by atomic mass is 10.0. The molecule has 0 saturated carbocycles. The number of nitrogens with two attached hydrogens (primary N) is 1. The van der Waals surface area contributed by atoms with Gasteiger partial charge in [-0.3, -0.25) is 9.59 Å². The Morgan fingerprint density at radius 2 is 1.71 bits per heavy atom. The summed E-state index contributed by atoms with van der Waals surface area (Å²) in [6.07, 6.45) is -0.577. The highest BCUT2D eigenvalue weighted by molar-refractivity contribution is 5.88. The average molecular weight is 380 g/mol. The van der Waals surface area contributed by atoms with E-state index in [9.17, 15) is 14.4 Å². The summed E-state index contributed by atoms with van der Waals surface area (Å²) in [6, 6.07) is 16.7. The summed E-state index contributed by atoms with van der Waals surface area (Å²) in [4.78, 5) is 35.3. The first-order valence-corrected chi connectivity index (χ1v) is 8.50. The number of carbonyl (C=O) groups is 3. The number of nitrogens with one attached hydrogen (secondary N) is 2. The van der Waals surface area contributed by atoms with Crippen molar-refractivity contribution in [1.82, 2.24) is 10.6 Å². The molecule has 0 aliphatic rings. The Morgan fingerprint density at radius 1 is 1.04 bits per heavy atom. The topological polar surface area (TPSA) is 134 Å². The molecule has 0 aliphatic heterocycles. The zero-order valence-electron chi connectivity index (χ0n) is 15.1. The number of ether oxygens (including phenoxy) is 1. The fourth-order valence-electron chi connectivity index (χ4n) is 2.35. The van der Waals surface area contributed by atoms with Crippen LogP contribution in [0.3, 0.4) is 0 Å². The van der Waals surface area contributed by atoms with Crippen LogP contribution in [0.2, 0.25) is 0 Å². The molecule has 0 fully saturated rings. The van der Waals surface area contributed by atoms with E-state index in [4.69, 9.17) is 15.7 Å². The van der Waals surface area contributed by atoms with Gasteiger partial charge in [-0.1, -0.05) is 42.5 Å². The van der Waals surface area contributed by atoms with Crippen LogP contribution in [0.4, 0.5) is 4.79 Å². The van der Waals surface area contributed by atoms with Gasteiger partial charge in [-0.15, -0.1) is 0 Å². The molecular formula is C20H20N4O4. The van der Waals surface area contributed by atoms with Gasteiger partial charge >= 0.3 is 6.09 Å². The zero-order chi connectivity index (χ0) is 20.4. The van der Waals surface area contributed by atoms with Crippen LogP contribution >= 0.6 is 0 Å². The maximum Gasteiger partial charge on any atom is 0.407 e. The molecule has 0 spiro atoms. The van der Waals surface area contributed by atoms with Gasteiger partial charge in [0.25, 0.3) is 0 Å². The predicted octanol–water partition coefficient (Wildman–Crippen LogP) is 0.997. The summed E-state index contributed by atoms with van der Waals surface area (Å²) in [5, 5.41) is 13.6. The smallest absolute Gasteiger partial charge is 0.407 e. The summed E-state index contributed by atoms with van der Waals surface area (Å²) < 4.78 is 5.00. The maximum absolute atomic E-state index is 12.0. The Morgan fingerprint density at radius 3 is 2.32 bits per heavy atom. The minimum absolute atomic E-state index is 0.0803. The van der Waals surface area contributed by atoms with E-state index < -0.39 is 23.9 Å². The van der Waals surface area contributed by atoms with Crippen molar-refractivity contribution in [3.8, 4) is 6.07 Å². The molecule has 144 valence electrons. The lowest BCUT2D eigenvalue weighted by molar-refractivity contribution is -0.126. The Kier molecular flexibility index (Phi) is 7.54. The molecule has 0 saturated heterocycles. The summed E-state index contributed by atoms with van der Waals surface area (Å²) >= 11 is 0. The minimum atomic E-state index is -0.942. The highest BCUT2D eigenvalue weighted by atomic mass is 16.5. The third kappa shape index (κ3) is 6.80. The molecule has 0 bridgehead atoms. The van der Waals surface area contributed by atoms with Crippen LogP contribution in [-0.4, -0.2) is 30.5 Å². The third-order valence-corrected chi connectivity index (χ3v) is 3.81. The van der Waals surface area contributed by atoms with Gasteiger partial charge in [-0.2, -0.15) is 5.26 Å². The van der Waals surface area contributed by atoms with Crippen molar-refractivity contribution >= 4 is 17.9 Å². The number of primary amides is 1. The molecule has 4 N–H and O–H groups in total. The molecule has 3 amide bonds. The van der Waals surface area contributed by atoms with Crippen LogP contribution in [0.15, 0.2) is 54.6 Å². The fourth-order valence-corrected chi connectivity index (χ4v) is 2.35. The molecule has 28 heavy (non-hydrogen) atoms. The van der Waals surface area contributed by atoms with E-state index in [0.29, 0.717) is 5.56 Å². The first-order valence-electron chi connectivity index (χ1n) is 8.50. The first-order chi connectivity index (χ1) is 13.5. The second kappa shape index (κ2) is 10.3. The lowest BCUT2D eigenvalue weighted by Gasteiger charge is -2.16. The standard InChI is InChI=1S/C20H20N4O4/c21-11-15-8-6-14(7-9-15)10-17(19(22)26)24-18(25)12-23-20(27)28-13-16-4-2-1-3-5-16/h1-9,17H,10,12-13H2,(H2,22,26)(H,23,27)(H,24,25)/t17-/m0/s1. The van der Waals surface area contributed by atoms with E-state index in [1.807, 2.05) is 24.3 Å². The first kappa shape index (κ1) is 20.5. The summed E-state index contributed by atoms with van der Waals surface area (Å²) in [5.41, 5.74) is 7.38. The number of nitriles is 1. The number of hydrogen-bond donors (Lipinski definition) is 3. The Labute approximate surface area is 162 Å². The van der Waals surface area contributed by atoms with Gasteiger partial charge in [0.2, 0.25) is 11.8 Å². The molecule has 0 aromatic heterocycles. The summed E-state index contributed by atoms with van der Waals surface area (Å²) in [7, 11) is 0. The molecule has 2 rings (SSSR count). The van der Waals surface area contributed by atoms with Gasteiger partial charge in [-0.05, 0) is 23.3 Å². The monoisotopic (exact) mass is 380 g/mol. The average Bonchev–Trinajstić information content (AvgIpc) is 2.71. The normalized spacial score (nSPS) is 11.0. The van der Waals surface area contributed by atoms with Crippen molar-refractivity contribution in [2.45, 2.75) is 19.1 Å². The third-order valence-electron chi connectivity index (χ3n) is 3.81. The van der Waals surface area contributed by atoms with Crippen LogP contribution in [-0.2, 0) is 27.4 Å². The molecule has 0 unspecified atom stereocenters. The Balaban J connectivity index is 1.78. The number of benzene rings is 2. The molecule has 0 aliphatic carbocycles. The van der Waals surface area contributed by atoms with E-state index in [0.717, 1.165) is 11.1 Å². The van der Waals surface area contributed by atoms with Crippen molar-refractivity contribution in [3.05, 3.63) is 71.3 Å². The Bertz CT molecular complexity index is 860. The fraction of sp³-hybridized carbons (Fsp3) is 0.200. The molecular weight excluding hydrogens is 360 g/mol. The van der Waals surface area contributed by atoms with Crippen LogP contribution in [0.5, 0.6) is 0 Å². The van der Waals surface area contributed by atoms with E-state index >= 15 is 0 Å². The van der Waals surface area contributed by atoms with E-state index in [1.54, 1.807) is 36.4 Å². The number of rotatable bonds is 8. The van der Waals surface area contributed by atoms with Gasteiger partial charge in [0.05, 0.1) is 11.6 Å². The molecule has 0 heterocycles. The van der Waals surface area contributed by atoms with E-state index in [-0.39, 0.29) is 19.6 Å². The Hall–Kier alpha value is -3.86. The van der Waals surface area contributed by atoms with Crippen LogP contribution in [0.1, 0.15) is 16.7 Å². The van der Waals surface area contributed by atoms with E-state index in [1.165, 1.54) is 0 Å². The van der Waals surface area contributed by atoms with Gasteiger partial charge < -0.3 is 21.1 Å². The number of amides is 3. The van der Waals surface area contributed by atoms with Gasteiger partial charge in [0.15, 0.2) is 0 Å². The quantitative estimate of drug-likeness (QED) is 0.628. The molecule has 2 aromatic rings. The minimum Gasteiger partial charge on any atom is -0.445 e. The van der Waals surface area contributed by atoms with Gasteiger partial charge in [0, 0.05) is 6.42 Å². The van der Waals surface area contributed by atoms with Crippen LogP contribution in [0, 0.1) is 11.3 Å². The zero-order valence-corrected chi connectivity index (χ0v) is 15.1. The highest BCUT2D eigenvalue weighted by Crippen LogP contribution is 2.06. The molecule has 0 radical (unpaired) electrons. The second-order valence-electron chi connectivity index (χ2n) is 5.95. The SMILES string of the molecule is N#Cc1ccc(C[C@H](NC(=O)CNC(=O)OCc2ccccc2)C(N)=O)cc1.